The molecule has 0 unspecified atom stereocenters. The molecule has 0 spiro atoms. The van der Waals surface area contributed by atoms with E-state index in [0.29, 0.717) is 5.56 Å². The molecule has 1 aliphatic heterocycles. The monoisotopic (exact) mass is 406 g/mol. The highest BCUT2D eigenvalue weighted by Crippen LogP contribution is 2.40. The maximum absolute atomic E-state index is 12.6. The highest BCUT2D eigenvalue weighted by molar-refractivity contribution is 5.99. The molecular weight excluding hydrogens is 384 g/mol. The molecule has 0 amide bonds. The molecular formula is C19H22N2O8. The lowest BCUT2D eigenvalue weighted by Crippen LogP contribution is -2.35. The molecule has 2 rings (SSSR count). The first-order valence-electron chi connectivity index (χ1n) is 8.81. The third kappa shape index (κ3) is 4.48. The summed E-state index contributed by atoms with van der Waals surface area (Å²) in [6, 6.07) is 5.59. The van der Waals surface area contributed by atoms with Crippen molar-refractivity contribution in [3.8, 4) is 0 Å². The molecule has 1 aromatic carbocycles. The van der Waals surface area contributed by atoms with E-state index < -0.39 is 22.8 Å². The summed E-state index contributed by atoms with van der Waals surface area (Å²) in [6.07, 6.45) is 0. The predicted molar refractivity (Wildman–Crippen MR) is 100 cm³/mol. The van der Waals surface area contributed by atoms with E-state index in [1.807, 2.05) is 0 Å². The van der Waals surface area contributed by atoms with Gasteiger partial charge in [0.2, 0.25) is 11.8 Å². The number of hydrogen-bond donors (Lipinski definition) is 1. The summed E-state index contributed by atoms with van der Waals surface area (Å²) in [6.45, 7) is 3.84. The summed E-state index contributed by atoms with van der Waals surface area (Å²) in [5.74, 6) is -2.54. The first-order valence-corrected chi connectivity index (χ1v) is 8.81. The zero-order valence-electron chi connectivity index (χ0n) is 16.5. The van der Waals surface area contributed by atoms with Crippen LogP contribution in [0.2, 0.25) is 0 Å². The molecule has 0 atom stereocenters. The van der Waals surface area contributed by atoms with Crippen LogP contribution in [0, 0.1) is 10.1 Å². The molecule has 0 saturated carbocycles. The highest BCUT2D eigenvalue weighted by Gasteiger charge is 2.42. The van der Waals surface area contributed by atoms with Crippen LogP contribution in [-0.2, 0) is 28.5 Å². The number of nitrogens with one attached hydrogen (secondary N) is 1. The summed E-state index contributed by atoms with van der Waals surface area (Å²) < 4.78 is 20.9. The number of carbonyl (C=O) groups excluding carboxylic acids is 2. The number of methoxy groups -OCH3 is 2. The average molecular weight is 406 g/mol. The van der Waals surface area contributed by atoms with Crippen LogP contribution in [0.4, 0.5) is 5.69 Å². The van der Waals surface area contributed by atoms with Gasteiger partial charge in [-0.15, -0.1) is 0 Å². The van der Waals surface area contributed by atoms with E-state index in [-0.39, 0.29) is 41.8 Å². The van der Waals surface area contributed by atoms with Gasteiger partial charge in [-0.05, 0) is 19.4 Å². The Labute approximate surface area is 167 Å². The molecule has 0 fully saturated rings. The molecule has 0 saturated heterocycles. The lowest BCUT2D eigenvalue weighted by atomic mass is 9.82. The Morgan fingerprint density at radius 1 is 1.03 bits per heavy atom. The Bertz CT molecular complexity index is 833. The third-order valence-electron chi connectivity index (χ3n) is 4.10. The van der Waals surface area contributed by atoms with Crippen molar-refractivity contribution in [2.45, 2.75) is 19.8 Å². The first kappa shape index (κ1) is 21.7. The second-order valence-corrected chi connectivity index (χ2v) is 5.74. The fourth-order valence-electron chi connectivity index (χ4n) is 2.95. The largest absolute Gasteiger partial charge is 0.479 e. The van der Waals surface area contributed by atoms with Gasteiger partial charge in [0.05, 0.1) is 38.3 Å². The number of non-ortho nitro benzene ring substituents is 1. The van der Waals surface area contributed by atoms with Crippen LogP contribution < -0.4 is 5.32 Å². The van der Waals surface area contributed by atoms with Crippen molar-refractivity contribution in [1.82, 2.24) is 5.32 Å². The minimum absolute atomic E-state index is 0.0290. The van der Waals surface area contributed by atoms with Crippen LogP contribution in [0.3, 0.4) is 0 Å². The lowest BCUT2D eigenvalue weighted by molar-refractivity contribution is -0.384. The number of ether oxygens (including phenoxy) is 4. The van der Waals surface area contributed by atoms with Gasteiger partial charge in [0.25, 0.3) is 5.69 Å². The predicted octanol–water partition coefficient (Wildman–Crippen LogP) is 2.12. The quantitative estimate of drug-likeness (QED) is 0.392. The van der Waals surface area contributed by atoms with Gasteiger partial charge in [-0.2, -0.15) is 0 Å². The van der Waals surface area contributed by atoms with Gasteiger partial charge >= 0.3 is 11.9 Å². The molecule has 0 aliphatic carbocycles. The van der Waals surface area contributed by atoms with E-state index in [1.54, 1.807) is 19.9 Å². The summed E-state index contributed by atoms with van der Waals surface area (Å²) >= 11 is 0. The van der Waals surface area contributed by atoms with E-state index in [1.165, 1.54) is 32.4 Å². The number of rotatable bonds is 8. The highest BCUT2D eigenvalue weighted by atomic mass is 16.6. The minimum Gasteiger partial charge on any atom is -0.479 e. The van der Waals surface area contributed by atoms with Crippen molar-refractivity contribution in [3.05, 3.63) is 62.9 Å². The van der Waals surface area contributed by atoms with Gasteiger partial charge in [-0.25, -0.2) is 9.59 Å². The maximum Gasteiger partial charge on any atom is 0.340 e. The van der Waals surface area contributed by atoms with Crippen molar-refractivity contribution in [2.75, 3.05) is 27.4 Å². The minimum atomic E-state index is -1.07. The number of nitrogens with zero attached hydrogens (tertiary/aromatic N) is 1. The second kappa shape index (κ2) is 9.58. The Kier molecular flexibility index (Phi) is 7.18. The fraction of sp³-hybridized carbons (Fsp3) is 0.368. The summed E-state index contributed by atoms with van der Waals surface area (Å²) in [7, 11) is 2.37. The van der Waals surface area contributed by atoms with Gasteiger partial charge in [-0.1, -0.05) is 12.1 Å². The van der Waals surface area contributed by atoms with Gasteiger partial charge in [0.1, 0.15) is 11.1 Å². The summed E-state index contributed by atoms with van der Waals surface area (Å²) in [5.41, 5.74) is 0.0405. The Hall–Kier alpha value is -3.56. The van der Waals surface area contributed by atoms with Gasteiger partial charge in [-0.3, -0.25) is 15.4 Å². The molecule has 1 heterocycles. The number of carbonyl (C=O) groups is 2. The van der Waals surface area contributed by atoms with Crippen LogP contribution in [0.15, 0.2) is 47.2 Å². The van der Waals surface area contributed by atoms with E-state index in [2.05, 4.69) is 5.32 Å². The smallest absolute Gasteiger partial charge is 0.340 e. The first-order chi connectivity index (χ1) is 13.9. The molecule has 10 heteroatoms. The molecule has 1 aromatic rings. The maximum atomic E-state index is 12.6. The number of nitro groups is 1. The summed E-state index contributed by atoms with van der Waals surface area (Å²) in [4.78, 5) is 35.9. The van der Waals surface area contributed by atoms with Gasteiger partial charge in [0.15, 0.2) is 0 Å². The Balaban J connectivity index is 2.82. The van der Waals surface area contributed by atoms with E-state index in [0.717, 1.165) is 0 Å². The van der Waals surface area contributed by atoms with Crippen LogP contribution in [-0.4, -0.2) is 44.3 Å². The van der Waals surface area contributed by atoms with Crippen molar-refractivity contribution < 1.29 is 33.5 Å². The molecule has 1 aliphatic rings. The fourth-order valence-corrected chi connectivity index (χ4v) is 2.95. The number of benzene rings is 1. The number of esters is 2. The zero-order chi connectivity index (χ0) is 21.6. The molecule has 0 bridgehead atoms. The van der Waals surface area contributed by atoms with E-state index >= 15 is 0 Å². The molecule has 1 N–H and O–H groups in total. The van der Waals surface area contributed by atoms with Crippen LogP contribution in [0.5, 0.6) is 0 Å². The van der Waals surface area contributed by atoms with Crippen molar-refractivity contribution in [3.63, 3.8) is 0 Å². The zero-order valence-corrected chi connectivity index (χ0v) is 16.5. The number of dihydropyridines is 1. The van der Waals surface area contributed by atoms with Crippen LogP contribution in [0.25, 0.3) is 0 Å². The molecule has 10 nitrogen and oxygen atoms in total. The van der Waals surface area contributed by atoms with Crippen molar-refractivity contribution in [2.24, 2.45) is 0 Å². The Morgan fingerprint density at radius 3 is 1.97 bits per heavy atom. The van der Waals surface area contributed by atoms with Crippen LogP contribution >= 0.6 is 0 Å². The average Bonchev–Trinajstić information content (AvgIpc) is 2.72. The molecule has 156 valence electrons. The number of nitro benzene ring substituents is 1. The SMILES string of the molecule is CCOC1=C(C(=O)OC)C(c2cccc([N+](=O)[O-])c2)C(C(=O)OC)=C(OCC)N1. The van der Waals surface area contributed by atoms with E-state index in [4.69, 9.17) is 18.9 Å². The van der Waals surface area contributed by atoms with Crippen LogP contribution in [0.1, 0.15) is 25.3 Å². The standard InChI is InChI=1S/C19H22N2O8/c1-5-28-16-14(18(22)26-3)13(11-8-7-9-12(10-11)21(24)25)15(19(23)27-4)17(20-16)29-6-2/h7-10,13,20H,5-6H2,1-4H3. The Morgan fingerprint density at radius 2 is 1.55 bits per heavy atom. The summed E-state index contributed by atoms with van der Waals surface area (Å²) in [5, 5.41) is 14.1. The lowest BCUT2D eigenvalue weighted by Gasteiger charge is -2.30. The number of hydrogen-bond acceptors (Lipinski definition) is 9. The van der Waals surface area contributed by atoms with Crippen molar-refractivity contribution >= 4 is 17.6 Å². The second-order valence-electron chi connectivity index (χ2n) is 5.74. The normalized spacial score (nSPS) is 14.2. The van der Waals surface area contributed by atoms with Gasteiger partial charge in [0, 0.05) is 12.1 Å². The molecule has 0 radical (unpaired) electrons. The molecule has 29 heavy (non-hydrogen) atoms. The third-order valence-corrected chi connectivity index (χ3v) is 4.10. The van der Waals surface area contributed by atoms with Gasteiger partial charge < -0.3 is 18.9 Å². The topological polar surface area (TPSA) is 126 Å². The van der Waals surface area contributed by atoms with E-state index in [9.17, 15) is 19.7 Å². The van der Waals surface area contributed by atoms with Crippen molar-refractivity contribution in [1.29, 1.82) is 0 Å². The molecule has 0 aromatic heterocycles.